The maximum atomic E-state index is 6.80. The lowest BCUT2D eigenvalue weighted by molar-refractivity contribution is -0.0612. The van der Waals surface area contributed by atoms with Crippen molar-refractivity contribution in [2.75, 3.05) is 12.2 Å². The Morgan fingerprint density at radius 1 is 0.933 bits per heavy atom. The van der Waals surface area contributed by atoms with Crippen LogP contribution in [0.4, 0.5) is 5.69 Å². The molecule has 0 spiro atoms. The van der Waals surface area contributed by atoms with Gasteiger partial charge in [-0.2, -0.15) is 0 Å². The van der Waals surface area contributed by atoms with Crippen LogP contribution >= 0.6 is 0 Å². The first kappa shape index (κ1) is 19.0. The number of anilines is 1. The van der Waals surface area contributed by atoms with Gasteiger partial charge in [-0.05, 0) is 66.8 Å². The number of rotatable bonds is 3. The summed E-state index contributed by atoms with van der Waals surface area (Å²) in [4.78, 5) is 6.80. The Balaban J connectivity index is 1.69. The molecule has 3 nitrogen and oxygen atoms in total. The third kappa shape index (κ3) is 3.20. The molecule has 0 saturated carbocycles. The van der Waals surface area contributed by atoms with Crippen molar-refractivity contribution >= 4 is 11.3 Å². The average Bonchev–Trinajstić information content (AvgIpc) is 3.10. The van der Waals surface area contributed by atoms with E-state index in [2.05, 4.69) is 97.8 Å². The van der Waals surface area contributed by atoms with Crippen molar-refractivity contribution in [3.63, 3.8) is 0 Å². The quantitative estimate of drug-likeness (QED) is 0.523. The van der Waals surface area contributed by atoms with Crippen LogP contribution < -0.4 is 9.80 Å². The molecule has 30 heavy (non-hydrogen) atoms. The highest BCUT2D eigenvalue weighted by atomic mass is 16.7. The molecule has 0 radical (unpaired) electrons. The van der Waals surface area contributed by atoms with Crippen LogP contribution in [0.1, 0.15) is 36.6 Å². The van der Waals surface area contributed by atoms with Crippen molar-refractivity contribution in [2.45, 2.75) is 31.9 Å². The summed E-state index contributed by atoms with van der Waals surface area (Å²) in [6.45, 7) is 4.41. The Morgan fingerprint density at radius 3 is 2.33 bits per heavy atom. The highest BCUT2D eigenvalue weighted by molar-refractivity contribution is 5.77. The minimum atomic E-state index is -0.364. The van der Waals surface area contributed by atoms with Crippen LogP contribution in [-0.2, 0) is 11.3 Å². The first-order valence-corrected chi connectivity index (χ1v) is 10.5. The zero-order valence-corrected chi connectivity index (χ0v) is 17.7. The molecule has 0 fully saturated rings. The Labute approximate surface area is 178 Å². The van der Waals surface area contributed by atoms with Crippen LogP contribution in [-0.4, -0.2) is 12.7 Å². The molecule has 3 aromatic carbocycles. The number of para-hydroxylation sites is 1. The maximum Gasteiger partial charge on any atom is 0.119 e. The van der Waals surface area contributed by atoms with E-state index in [1.807, 2.05) is 6.07 Å². The molecule has 0 amide bonds. The summed E-state index contributed by atoms with van der Waals surface area (Å²) < 4.78 is 5.48. The monoisotopic (exact) mass is 397 g/mol. The summed E-state index contributed by atoms with van der Waals surface area (Å²) in [5.74, 6) is 1.19. The Bertz CT molecular complexity index is 1070. The highest BCUT2D eigenvalue weighted by Gasteiger charge is 2.44. The molecular weight excluding hydrogens is 370 g/mol. The fourth-order valence-corrected chi connectivity index (χ4v) is 4.77. The van der Waals surface area contributed by atoms with E-state index in [1.54, 1.807) is 7.11 Å². The molecule has 1 aliphatic carbocycles. The lowest BCUT2D eigenvalue weighted by atomic mass is 9.84. The van der Waals surface area contributed by atoms with Gasteiger partial charge in [-0.1, -0.05) is 60.7 Å². The van der Waals surface area contributed by atoms with Gasteiger partial charge in [0.2, 0.25) is 0 Å². The second-order valence-corrected chi connectivity index (χ2v) is 8.61. The summed E-state index contributed by atoms with van der Waals surface area (Å²) >= 11 is 0. The minimum absolute atomic E-state index is 0.0130. The van der Waals surface area contributed by atoms with Crippen LogP contribution in [0.5, 0.6) is 5.75 Å². The molecule has 5 rings (SSSR count). The second-order valence-electron chi connectivity index (χ2n) is 8.61. The van der Waals surface area contributed by atoms with Gasteiger partial charge in [0.05, 0.1) is 18.4 Å². The standard InChI is InChI=1S/C27H27NO2/c1-27(2)25-17-20-16-22(29-3)14-15-23(20)24(25)18-26(19-10-6-4-7-11-19)28(30-27)21-12-8-5-9-13-21/h4-16,18,25-26H,17H2,1-3H3/t25-,26-/m0/s1. The van der Waals surface area contributed by atoms with E-state index in [9.17, 15) is 0 Å². The summed E-state index contributed by atoms with van der Waals surface area (Å²) in [6, 6.07) is 27.4. The predicted octanol–water partition coefficient (Wildman–Crippen LogP) is 6.22. The second kappa shape index (κ2) is 7.33. The Kier molecular flexibility index (Phi) is 4.63. The third-order valence-electron chi connectivity index (χ3n) is 6.34. The molecule has 152 valence electrons. The number of fused-ring (bicyclic) bond motifs is 3. The van der Waals surface area contributed by atoms with E-state index in [0.29, 0.717) is 0 Å². The number of benzene rings is 3. The van der Waals surface area contributed by atoms with Crippen molar-refractivity contribution in [3.8, 4) is 5.75 Å². The van der Waals surface area contributed by atoms with Crippen LogP contribution in [0.25, 0.3) is 5.57 Å². The average molecular weight is 398 g/mol. The molecule has 3 aromatic rings. The summed E-state index contributed by atoms with van der Waals surface area (Å²) in [5.41, 5.74) is 5.93. The number of nitrogens with zero attached hydrogens (tertiary/aromatic N) is 1. The van der Waals surface area contributed by atoms with Gasteiger partial charge in [0.1, 0.15) is 11.8 Å². The minimum Gasteiger partial charge on any atom is -0.497 e. The fourth-order valence-electron chi connectivity index (χ4n) is 4.77. The lowest BCUT2D eigenvalue weighted by Gasteiger charge is -2.38. The van der Waals surface area contributed by atoms with E-state index in [-0.39, 0.29) is 17.6 Å². The van der Waals surface area contributed by atoms with E-state index >= 15 is 0 Å². The molecule has 0 aromatic heterocycles. The van der Waals surface area contributed by atoms with Gasteiger partial charge in [0, 0.05) is 5.92 Å². The molecule has 2 atom stereocenters. The fraction of sp³-hybridized carbons (Fsp3) is 0.259. The van der Waals surface area contributed by atoms with Gasteiger partial charge in [0.15, 0.2) is 0 Å². The Morgan fingerprint density at radius 2 is 1.63 bits per heavy atom. The van der Waals surface area contributed by atoms with E-state index in [1.165, 1.54) is 22.3 Å². The van der Waals surface area contributed by atoms with Crippen molar-refractivity contribution in [2.24, 2.45) is 5.92 Å². The van der Waals surface area contributed by atoms with Gasteiger partial charge < -0.3 is 4.74 Å². The van der Waals surface area contributed by atoms with Crippen molar-refractivity contribution in [1.29, 1.82) is 0 Å². The molecule has 2 aliphatic rings. The number of ether oxygens (including phenoxy) is 1. The third-order valence-corrected chi connectivity index (χ3v) is 6.34. The predicted molar refractivity (Wildman–Crippen MR) is 121 cm³/mol. The van der Waals surface area contributed by atoms with E-state index in [4.69, 9.17) is 9.57 Å². The Hall–Kier alpha value is -3.04. The van der Waals surface area contributed by atoms with Gasteiger partial charge in [-0.25, -0.2) is 5.06 Å². The molecule has 0 unspecified atom stereocenters. The maximum absolute atomic E-state index is 6.80. The first-order valence-electron chi connectivity index (χ1n) is 10.5. The summed E-state index contributed by atoms with van der Waals surface area (Å²) in [6.07, 6.45) is 3.36. The zero-order chi connectivity index (χ0) is 20.7. The number of hydrogen-bond acceptors (Lipinski definition) is 3. The normalized spacial score (nSPS) is 22.0. The van der Waals surface area contributed by atoms with E-state index < -0.39 is 0 Å². The molecule has 3 heteroatoms. The van der Waals surface area contributed by atoms with Gasteiger partial charge >= 0.3 is 0 Å². The largest absolute Gasteiger partial charge is 0.497 e. The number of methoxy groups -OCH3 is 1. The number of hydroxylamine groups is 1. The summed E-state index contributed by atoms with van der Waals surface area (Å²) in [7, 11) is 1.73. The first-order chi connectivity index (χ1) is 14.6. The molecule has 0 bridgehead atoms. The van der Waals surface area contributed by atoms with Crippen molar-refractivity contribution < 1.29 is 9.57 Å². The zero-order valence-electron chi connectivity index (χ0n) is 17.7. The van der Waals surface area contributed by atoms with Crippen molar-refractivity contribution in [1.82, 2.24) is 0 Å². The molecule has 0 saturated heterocycles. The van der Waals surface area contributed by atoms with Crippen LogP contribution in [0.3, 0.4) is 0 Å². The molecule has 1 heterocycles. The van der Waals surface area contributed by atoms with Crippen LogP contribution in [0, 0.1) is 5.92 Å². The summed E-state index contributed by atoms with van der Waals surface area (Å²) in [5, 5.41) is 2.09. The van der Waals surface area contributed by atoms with Crippen LogP contribution in [0.2, 0.25) is 0 Å². The van der Waals surface area contributed by atoms with Gasteiger partial charge in [0.25, 0.3) is 0 Å². The lowest BCUT2D eigenvalue weighted by Crippen LogP contribution is -2.41. The van der Waals surface area contributed by atoms with E-state index in [0.717, 1.165) is 17.9 Å². The van der Waals surface area contributed by atoms with Gasteiger partial charge in [-0.15, -0.1) is 0 Å². The topological polar surface area (TPSA) is 21.7 Å². The smallest absolute Gasteiger partial charge is 0.119 e. The van der Waals surface area contributed by atoms with Crippen LogP contribution in [0.15, 0.2) is 84.9 Å². The molecule has 0 N–H and O–H groups in total. The highest BCUT2D eigenvalue weighted by Crippen LogP contribution is 2.50. The SMILES string of the molecule is COc1ccc2c(c1)C[C@H]1C2=C[C@@H](c2ccccc2)N(c2ccccc2)OC1(C)C. The van der Waals surface area contributed by atoms with Crippen molar-refractivity contribution in [3.05, 3.63) is 102 Å². The molecule has 1 aliphatic heterocycles. The number of hydrogen-bond donors (Lipinski definition) is 0. The molecular formula is C27H27NO2. The van der Waals surface area contributed by atoms with Gasteiger partial charge in [-0.3, -0.25) is 4.84 Å².